The zero-order chi connectivity index (χ0) is 17.3. The molecule has 3 rings (SSSR count). The van der Waals surface area contributed by atoms with Gasteiger partial charge in [0.25, 0.3) is 0 Å². The van der Waals surface area contributed by atoms with Crippen LogP contribution in [0.25, 0.3) is 0 Å². The number of benzene rings is 2. The van der Waals surface area contributed by atoms with Gasteiger partial charge in [-0.15, -0.1) is 0 Å². The van der Waals surface area contributed by atoms with Crippen molar-refractivity contribution in [2.45, 2.75) is 13.3 Å². The topological polar surface area (TPSA) is 49.4 Å². The lowest BCUT2D eigenvalue weighted by Crippen LogP contribution is -2.28. The summed E-state index contributed by atoms with van der Waals surface area (Å²) in [6.07, 6.45) is 0.210. The van der Waals surface area contributed by atoms with Gasteiger partial charge in [-0.2, -0.15) is 0 Å². The van der Waals surface area contributed by atoms with E-state index in [1.54, 1.807) is 11.0 Å². The molecule has 2 amide bonds. The van der Waals surface area contributed by atoms with Crippen molar-refractivity contribution in [2.24, 2.45) is 5.92 Å². The predicted octanol–water partition coefficient (Wildman–Crippen LogP) is 4.24. The fraction of sp³-hybridized carbons (Fsp3) is 0.222. The van der Waals surface area contributed by atoms with Gasteiger partial charge in [-0.05, 0) is 59.3 Å². The van der Waals surface area contributed by atoms with Crippen molar-refractivity contribution in [1.82, 2.24) is 0 Å². The van der Waals surface area contributed by atoms with Crippen LogP contribution in [0.2, 0.25) is 5.02 Å². The van der Waals surface area contributed by atoms with E-state index in [9.17, 15) is 9.59 Å². The molecule has 0 saturated carbocycles. The Morgan fingerprint density at radius 3 is 2.75 bits per heavy atom. The number of nitrogens with zero attached hydrogens (tertiary/aromatic N) is 1. The third-order valence-electron chi connectivity index (χ3n) is 4.16. The maximum atomic E-state index is 12.5. The smallest absolute Gasteiger partial charge is 0.229 e. The van der Waals surface area contributed by atoms with Crippen molar-refractivity contribution >= 4 is 57.4 Å². The van der Waals surface area contributed by atoms with Crippen LogP contribution >= 0.6 is 34.2 Å². The van der Waals surface area contributed by atoms with Gasteiger partial charge >= 0.3 is 0 Å². The monoisotopic (exact) mass is 454 g/mol. The molecular weight excluding hydrogens is 439 g/mol. The Labute approximate surface area is 159 Å². The number of carbonyl (C=O) groups excluding carboxylic acids is 2. The third kappa shape index (κ3) is 3.42. The van der Waals surface area contributed by atoms with E-state index in [4.69, 9.17) is 11.6 Å². The Hall–Kier alpha value is -1.60. The maximum Gasteiger partial charge on any atom is 0.229 e. The lowest BCUT2D eigenvalue weighted by Gasteiger charge is -2.19. The molecule has 0 bridgehead atoms. The fourth-order valence-corrected chi connectivity index (χ4v) is 3.49. The Kier molecular flexibility index (Phi) is 5.10. The van der Waals surface area contributed by atoms with Gasteiger partial charge in [-0.3, -0.25) is 9.59 Å². The number of hydrogen-bond donors (Lipinski definition) is 1. The van der Waals surface area contributed by atoms with Crippen LogP contribution in [0.4, 0.5) is 11.4 Å². The van der Waals surface area contributed by atoms with Crippen LogP contribution in [0.15, 0.2) is 42.5 Å². The standard InChI is InChI=1S/C18H16ClIN2O2/c1-11-13(19)5-4-8-16(11)22-10-12(9-17(22)23)18(24)21-15-7-3-2-6-14(15)20/h2-8,12H,9-10H2,1H3,(H,21,24)/t12-/m0/s1. The Bertz CT molecular complexity index is 809. The van der Waals surface area contributed by atoms with Crippen LogP contribution in [-0.2, 0) is 9.59 Å². The van der Waals surface area contributed by atoms with Gasteiger partial charge in [-0.1, -0.05) is 29.8 Å². The second kappa shape index (κ2) is 7.11. The minimum atomic E-state index is -0.369. The molecule has 0 aliphatic carbocycles. The van der Waals surface area contributed by atoms with Crippen molar-refractivity contribution < 1.29 is 9.59 Å². The lowest BCUT2D eigenvalue weighted by molar-refractivity contribution is -0.122. The summed E-state index contributed by atoms with van der Waals surface area (Å²) in [4.78, 5) is 26.5. The van der Waals surface area contributed by atoms with Gasteiger partial charge in [0, 0.05) is 27.2 Å². The molecule has 124 valence electrons. The molecule has 1 aliphatic rings. The number of halogens is 2. The van der Waals surface area contributed by atoms with Crippen LogP contribution in [0.3, 0.4) is 0 Å². The Morgan fingerprint density at radius 1 is 1.25 bits per heavy atom. The number of amides is 2. The predicted molar refractivity (Wildman–Crippen MR) is 104 cm³/mol. The van der Waals surface area contributed by atoms with Gasteiger partial charge in [0.15, 0.2) is 0 Å². The number of rotatable bonds is 3. The zero-order valence-electron chi connectivity index (χ0n) is 13.1. The quantitative estimate of drug-likeness (QED) is 0.705. The van der Waals surface area contributed by atoms with E-state index >= 15 is 0 Å². The first-order valence-corrected chi connectivity index (χ1v) is 9.04. The first-order valence-electron chi connectivity index (χ1n) is 7.58. The molecule has 1 aliphatic heterocycles. The van der Waals surface area contributed by atoms with Gasteiger partial charge in [0.05, 0.1) is 11.6 Å². The molecule has 0 unspecified atom stereocenters. The highest BCUT2D eigenvalue weighted by molar-refractivity contribution is 14.1. The van der Waals surface area contributed by atoms with Crippen LogP contribution in [0, 0.1) is 16.4 Å². The average molecular weight is 455 g/mol. The molecule has 0 radical (unpaired) electrons. The Balaban J connectivity index is 1.76. The van der Waals surface area contributed by atoms with Crippen molar-refractivity contribution in [3.8, 4) is 0 Å². The zero-order valence-corrected chi connectivity index (χ0v) is 16.0. The summed E-state index contributed by atoms with van der Waals surface area (Å²) >= 11 is 8.32. The van der Waals surface area contributed by atoms with Gasteiger partial charge in [0.2, 0.25) is 11.8 Å². The fourth-order valence-electron chi connectivity index (χ4n) is 2.80. The van der Waals surface area contributed by atoms with E-state index in [2.05, 4.69) is 27.9 Å². The van der Waals surface area contributed by atoms with Gasteiger partial charge < -0.3 is 10.2 Å². The van der Waals surface area contributed by atoms with E-state index in [-0.39, 0.29) is 24.2 Å². The number of hydrogen-bond acceptors (Lipinski definition) is 2. The van der Waals surface area contributed by atoms with Gasteiger partial charge in [-0.25, -0.2) is 0 Å². The third-order valence-corrected chi connectivity index (χ3v) is 5.51. The molecule has 1 heterocycles. The molecule has 1 atom stereocenters. The summed E-state index contributed by atoms with van der Waals surface area (Å²) in [5.41, 5.74) is 2.40. The summed E-state index contributed by atoms with van der Waals surface area (Å²) in [6, 6.07) is 13.0. The van der Waals surface area contributed by atoms with Crippen LogP contribution < -0.4 is 10.2 Å². The Morgan fingerprint density at radius 2 is 2.00 bits per heavy atom. The minimum absolute atomic E-state index is 0.0525. The van der Waals surface area contributed by atoms with Crippen molar-refractivity contribution in [3.63, 3.8) is 0 Å². The summed E-state index contributed by atoms with van der Waals surface area (Å²) in [7, 11) is 0. The summed E-state index contributed by atoms with van der Waals surface area (Å²) < 4.78 is 0.968. The lowest BCUT2D eigenvalue weighted by atomic mass is 10.1. The molecule has 0 spiro atoms. The van der Waals surface area contributed by atoms with Gasteiger partial charge in [0.1, 0.15) is 0 Å². The summed E-state index contributed by atoms with van der Waals surface area (Å²) in [5.74, 6) is -0.551. The number of nitrogens with one attached hydrogen (secondary N) is 1. The summed E-state index contributed by atoms with van der Waals surface area (Å²) in [6.45, 7) is 2.25. The largest absolute Gasteiger partial charge is 0.325 e. The highest BCUT2D eigenvalue weighted by atomic mass is 127. The molecule has 2 aromatic carbocycles. The number of para-hydroxylation sites is 1. The molecule has 0 aromatic heterocycles. The van der Waals surface area contributed by atoms with Crippen molar-refractivity contribution in [2.75, 3.05) is 16.8 Å². The highest BCUT2D eigenvalue weighted by Gasteiger charge is 2.36. The molecule has 4 nitrogen and oxygen atoms in total. The van der Waals surface area contributed by atoms with E-state index < -0.39 is 0 Å². The van der Waals surface area contributed by atoms with Crippen LogP contribution in [-0.4, -0.2) is 18.4 Å². The molecule has 24 heavy (non-hydrogen) atoms. The second-order valence-corrected chi connectivity index (χ2v) is 7.33. The highest BCUT2D eigenvalue weighted by Crippen LogP contribution is 2.32. The molecule has 1 fully saturated rings. The molecule has 1 saturated heterocycles. The first kappa shape index (κ1) is 17.2. The molecule has 2 aromatic rings. The van der Waals surface area contributed by atoms with E-state index in [1.807, 2.05) is 43.3 Å². The number of carbonyl (C=O) groups is 2. The normalized spacial score (nSPS) is 17.2. The van der Waals surface area contributed by atoms with E-state index in [0.717, 1.165) is 20.5 Å². The van der Waals surface area contributed by atoms with Crippen LogP contribution in [0.5, 0.6) is 0 Å². The molecular formula is C18H16ClIN2O2. The van der Waals surface area contributed by atoms with Crippen molar-refractivity contribution in [3.05, 3.63) is 56.6 Å². The average Bonchev–Trinajstić information content (AvgIpc) is 2.94. The molecule has 1 N–H and O–H groups in total. The second-order valence-electron chi connectivity index (χ2n) is 5.76. The number of anilines is 2. The van der Waals surface area contributed by atoms with E-state index in [0.29, 0.717) is 11.6 Å². The van der Waals surface area contributed by atoms with E-state index in [1.165, 1.54) is 0 Å². The summed E-state index contributed by atoms with van der Waals surface area (Å²) in [5, 5.41) is 3.54. The SMILES string of the molecule is Cc1c(Cl)cccc1N1C[C@@H](C(=O)Nc2ccccc2I)CC1=O. The van der Waals surface area contributed by atoms with Crippen LogP contribution in [0.1, 0.15) is 12.0 Å². The molecule has 6 heteroatoms. The maximum absolute atomic E-state index is 12.5. The first-order chi connectivity index (χ1) is 11.5. The minimum Gasteiger partial charge on any atom is -0.325 e. The van der Waals surface area contributed by atoms with Crippen molar-refractivity contribution in [1.29, 1.82) is 0 Å².